The standard InChI is InChI=1S/C11H16N4O4S/c1-14-10(19)12-13-11(14)20-6-8(16)15-4-2-7(3-5-15)9(17)18/h7H,2-6H2,1H3,(H,12,19)(H,17,18). The van der Waals surface area contributed by atoms with Gasteiger partial charge in [0.25, 0.3) is 0 Å². The number of hydrogen-bond donors (Lipinski definition) is 2. The first-order valence-corrected chi connectivity index (χ1v) is 7.22. The summed E-state index contributed by atoms with van der Waals surface area (Å²) >= 11 is 1.19. The number of nitrogens with one attached hydrogen (secondary N) is 1. The summed E-state index contributed by atoms with van der Waals surface area (Å²) in [6, 6.07) is 0. The number of carboxylic acid groups (broad SMARTS) is 1. The van der Waals surface area contributed by atoms with Crippen molar-refractivity contribution in [1.82, 2.24) is 19.7 Å². The van der Waals surface area contributed by atoms with Crippen molar-refractivity contribution in [2.45, 2.75) is 18.0 Å². The number of thioether (sulfide) groups is 1. The van der Waals surface area contributed by atoms with E-state index < -0.39 is 5.97 Å². The van der Waals surface area contributed by atoms with E-state index in [1.165, 1.54) is 16.3 Å². The number of carbonyl (C=O) groups excluding carboxylic acids is 1. The van der Waals surface area contributed by atoms with Crippen molar-refractivity contribution < 1.29 is 14.7 Å². The van der Waals surface area contributed by atoms with Gasteiger partial charge in [-0.15, -0.1) is 5.10 Å². The van der Waals surface area contributed by atoms with Crippen molar-refractivity contribution in [3.05, 3.63) is 10.5 Å². The number of likely N-dealkylation sites (tertiary alicyclic amines) is 1. The van der Waals surface area contributed by atoms with Gasteiger partial charge in [-0.05, 0) is 12.8 Å². The smallest absolute Gasteiger partial charge is 0.343 e. The molecule has 1 aliphatic rings. The first kappa shape index (κ1) is 14.6. The third-order valence-electron chi connectivity index (χ3n) is 3.36. The summed E-state index contributed by atoms with van der Waals surface area (Å²) in [5, 5.41) is 15.5. The molecule has 0 spiro atoms. The van der Waals surface area contributed by atoms with Gasteiger partial charge in [0, 0.05) is 20.1 Å². The highest BCUT2D eigenvalue weighted by Gasteiger charge is 2.27. The highest BCUT2D eigenvalue weighted by Crippen LogP contribution is 2.19. The van der Waals surface area contributed by atoms with Gasteiger partial charge in [0.1, 0.15) is 0 Å². The molecule has 2 heterocycles. The van der Waals surface area contributed by atoms with Crippen LogP contribution in [0.2, 0.25) is 0 Å². The van der Waals surface area contributed by atoms with Gasteiger partial charge in [0.2, 0.25) is 5.91 Å². The Labute approximate surface area is 119 Å². The van der Waals surface area contributed by atoms with Crippen molar-refractivity contribution in [3.63, 3.8) is 0 Å². The minimum absolute atomic E-state index is 0.0608. The van der Waals surface area contributed by atoms with Crippen LogP contribution in [-0.2, 0) is 16.6 Å². The predicted molar refractivity (Wildman–Crippen MR) is 71.5 cm³/mol. The molecule has 1 saturated heterocycles. The fourth-order valence-corrected chi connectivity index (χ4v) is 2.88. The van der Waals surface area contributed by atoms with Crippen molar-refractivity contribution in [2.24, 2.45) is 13.0 Å². The molecule has 1 fully saturated rings. The van der Waals surface area contributed by atoms with Gasteiger partial charge in [0.15, 0.2) is 5.16 Å². The van der Waals surface area contributed by atoms with Crippen molar-refractivity contribution >= 4 is 23.6 Å². The highest BCUT2D eigenvalue weighted by atomic mass is 32.2. The zero-order valence-electron chi connectivity index (χ0n) is 11.0. The number of carbonyl (C=O) groups is 2. The number of aromatic amines is 1. The monoisotopic (exact) mass is 300 g/mol. The quantitative estimate of drug-likeness (QED) is 0.727. The predicted octanol–water partition coefficient (Wildman–Crippen LogP) is -0.476. The molecule has 1 amide bonds. The first-order chi connectivity index (χ1) is 9.49. The highest BCUT2D eigenvalue weighted by molar-refractivity contribution is 7.99. The number of aromatic nitrogens is 3. The van der Waals surface area contributed by atoms with Gasteiger partial charge >= 0.3 is 11.7 Å². The van der Waals surface area contributed by atoms with Crippen molar-refractivity contribution in [3.8, 4) is 0 Å². The van der Waals surface area contributed by atoms with Crippen LogP contribution in [0.15, 0.2) is 9.95 Å². The van der Waals surface area contributed by atoms with Gasteiger partial charge in [0.05, 0.1) is 11.7 Å². The minimum Gasteiger partial charge on any atom is -0.481 e. The summed E-state index contributed by atoms with van der Waals surface area (Å²) in [6.07, 6.45) is 0.985. The fraction of sp³-hybridized carbons (Fsp3) is 0.636. The lowest BCUT2D eigenvalue weighted by atomic mass is 9.97. The molecule has 0 atom stereocenters. The Morgan fingerprint density at radius 2 is 2.10 bits per heavy atom. The molecule has 0 unspecified atom stereocenters. The number of H-pyrrole nitrogens is 1. The Bertz CT molecular complexity index is 559. The Balaban J connectivity index is 1.83. The molecule has 0 bridgehead atoms. The second-order valence-corrected chi connectivity index (χ2v) is 5.59. The Kier molecular flexibility index (Phi) is 4.48. The lowest BCUT2D eigenvalue weighted by Gasteiger charge is -2.30. The normalized spacial score (nSPS) is 16.4. The number of carboxylic acids is 1. The van der Waals surface area contributed by atoms with E-state index in [4.69, 9.17) is 5.11 Å². The summed E-state index contributed by atoms with van der Waals surface area (Å²) in [6.45, 7) is 0.936. The largest absolute Gasteiger partial charge is 0.481 e. The van der Waals surface area contributed by atoms with E-state index >= 15 is 0 Å². The van der Waals surface area contributed by atoms with E-state index in [1.54, 1.807) is 11.9 Å². The first-order valence-electron chi connectivity index (χ1n) is 6.24. The van der Waals surface area contributed by atoms with E-state index in [0.717, 1.165) is 0 Å². The van der Waals surface area contributed by atoms with Gasteiger partial charge in [-0.3, -0.25) is 14.2 Å². The maximum atomic E-state index is 12.0. The van der Waals surface area contributed by atoms with Crippen LogP contribution < -0.4 is 5.69 Å². The molecule has 0 radical (unpaired) electrons. The number of hydrogen-bond acceptors (Lipinski definition) is 5. The lowest BCUT2D eigenvalue weighted by Crippen LogP contribution is -2.41. The molecule has 2 N–H and O–H groups in total. The van der Waals surface area contributed by atoms with Crippen molar-refractivity contribution in [1.29, 1.82) is 0 Å². The third kappa shape index (κ3) is 3.21. The third-order valence-corrected chi connectivity index (χ3v) is 4.38. The van der Waals surface area contributed by atoms with Crippen LogP contribution in [0, 0.1) is 5.92 Å². The topological polar surface area (TPSA) is 108 Å². The molecule has 110 valence electrons. The van der Waals surface area contributed by atoms with E-state index in [1.807, 2.05) is 0 Å². The second kappa shape index (κ2) is 6.12. The van der Waals surface area contributed by atoms with Crippen LogP contribution in [0.1, 0.15) is 12.8 Å². The number of nitrogens with zero attached hydrogens (tertiary/aromatic N) is 3. The Morgan fingerprint density at radius 1 is 1.45 bits per heavy atom. The van der Waals surface area contributed by atoms with E-state index in [9.17, 15) is 14.4 Å². The van der Waals surface area contributed by atoms with Crippen LogP contribution in [0.5, 0.6) is 0 Å². The van der Waals surface area contributed by atoms with Crippen LogP contribution in [0.25, 0.3) is 0 Å². The molecule has 8 nitrogen and oxygen atoms in total. The van der Waals surface area contributed by atoms with Crippen LogP contribution >= 0.6 is 11.8 Å². The SMILES string of the molecule is Cn1c(SCC(=O)N2CCC(C(=O)O)CC2)n[nH]c1=O. The lowest BCUT2D eigenvalue weighted by molar-refractivity contribution is -0.145. The van der Waals surface area contributed by atoms with E-state index in [2.05, 4.69) is 10.2 Å². The van der Waals surface area contributed by atoms with E-state index in [-0.39, 0.29) is 23.3 Å². The zero-order chi connectivity index (χ0) is 14.7. The average Bonchev–Trinajstić information content (AvgIpc) is 2.76. The molecule has 0 aromatic carbocycles. The molecular weight excluding hydrogens is 284 g/mol. The number of amides is 1. The van der Waals surface area contributed by atoms with Gasteiger partial charge in [-0.2, -0.15) is 0 Å². The van der Waals surface area contributed by atoms with Crippen LogP contribution in [0.4, 0.5) is 0 Å². The molecule has 20 heavy (non-hydrogen) atoms. The number of rotatable bonds is 4. The molecule has 9 heteroatoms. The molecule has 1 aliphatic heterocycles. The molecule has 1 aromatic rings. The molecule has 0 aliphatic carbocycles. The summed E-state index contributed by atoms with van der Waals surface area (Å²) < 4.78 is 1.34. The maximum Gasteiger partial charge on any atom is 0.343 e. The van der Waals surface area contributed by atoms with Gasteiger partial charge in [-0.25, -0.2) is 9.89 Å². The Hall–Kier alpha value is -1.77. The Morgan fingerprint density at radius 3 is 2.60 bits per heavy atom. The van der Waals surface area contributed by atoms with Crippen molar-refractivity contribution in [2.75, 3.05) is 18.8 Å². The fourth-order valence-electron chi connectivity index (χ4n) is 2.06. The summed E-state index contributed by atoms with van der Waals surface area (Å²) in [5.41, 5.74) is -0.317. The number of aliphatic carboxylic acids is 1. The van der Waals surface area contributed by atoms with E-state index in [0.29, 0.717) is 31.1 Å². The average molecular weight is 300 g/mol. The molecular formula is C11H16N4O4S. The molecule has 1 aromatic heterocycles. The zero-order valence-corrected chi connectivity index (χ0v) is 11.9. The van der Waals surface area contributed by atoms with Crippen LogP contribution in [-0.4, -0.2) is 55.5 Å². The molecule has 0 saturated carbocycles. The second-order valence-electron chi connectivity index (χ2n) is 4.65. The maximum absolute atomic E-state index is 12.0. The van der Waals surface area contributed by atoms with Gasteiger partial charge < -0.3 is 10.0 Å². The number of piperidine rings is 1. The molecule has 2 rings (SSSR count). The summed E-state index contributed by atoms with van der Waals surface area (Å²) in [4.78, 5) is 35.7. The van der Waals surface area contributed by atoms with Gasteiger partial charge in [-0.1, -0.05) is 11.8 Å². The minimum atomic E-state index is -0.794. The summed E-state index contributed by atoms with van der Waals surface area (Å²) in [5.74, 6) is -1.01. The summed E-state index contributed by atoms with van der Waals surface area (Å²) in [7, 11) is 1.58. The van der Waals surface area contributed by atoms with Crippen LogP contribution in [0.3, 0.4) is 0 Å².